The van der Waals surface area contributed by atoms with Gasteiger partial charge >= 0.3 is 0 Å². The number of halogens is 1. The first kappa shape index (κ1) is 16.5. The van der Waals surface area contributed by atoms with E-state index >= 15 is 0 Å². The summed E-state index contributed by atoms with van der Waals surface area (Å²) < 4.78 is 16.2. The number of fused-ring (bicyclic) bond motifs is 1. The van der Waals surface area contributed by atoms with Crippen molar-refractivity contribution in [2.24, 2.45) is 0 Å². The minimum absolute atomic E-state index is 0.165. The predicted octanol–water partition coefficient (Wildman–Crippen LogP) is 4.51. The van der Waals surface area contributed by atoms with Crippen LogP contribution in [0.1, 0.15) is 16.7 Å². The van der Waals surface area contributed by atoms with Gasteiger partial charge in [-0.25, -0.2) is 4.39 Å². The molecule has 4 rings (SSSR count). The van der Waals surface area contributed by atoms with Crippen LogP contribution in [0.5, 0.6) is 0 Å². The van der Waals surface area contributed by atoms with E-state index in [0.29, 0.717) is 12.1 Å². The lowest BCUT2D eigenvalue weighted by Gasteiger charge is -2.06. The summed E-state index contributed by atoms with van der Waals surface area (Å²) in [5.74, 6) is -0.165. The Morgan fingerprint density at radius 2 is 1.73 bits per heavy atom. The predicted molar refractivity (Wildman–Crippen MR) is 102 cm³/mol. The number of rotatable bonds is 6. The van der Waals surface area contributed by atoms with E-state index in [4.69, 9.17) is 0 Å². The number of pyridine rings is 1. The second kappa shape index (κ2) is 7.50. The Bertz CT molecular complexity index is 1010. The first-order valence-electron chi connectivity index (χ1n) is 8.71. The Morgan fingerprint density at radius 1 is 0.885 bits per heavy atom. The van der Waals surface area contributed by atoms with E-state index in [2.05, 4.69) is 39.3 Å². The van der Waals surface area contributed by atoms with Gasteiger partial charge in [-0.3, -0.25) is 4.98 Å². The van der Waals surface area contributed by atoms with Gasteiger partial charge in [0.2, 0.25) is 0 Å². The molecule has 0 aliphatic carbocycles. The molecule has 0 saturated carbocycles. The maximum Gasteiger partial charge on any atom is 0.128 e. The molecule has 4 heteroatoms. The van der Waals surface area contributed by atoms with Crippen LogP contribution in [0.3, 0.4) is 0 Å². The first-order valence-corrected chi connectivity index (χ1v) is 8.71. The van der Waals surface area contributed by atoms with Crippen molar-refractivity contribution in [3.8, 4) is 0 Å². The molecule has 0 radical (unpaired) electrons. The normalized spacial score (nSPS) is 11.1. The van der Waals surface area contributed by atoms with Crippen molar-refractivity contribution in [2.45, 2.75) is 19.6 Å². The highest BCUT2D eigenvalue weighted by Crippen LogP contribution is 2.23. The van der Waals surface area contributed by atoms with Gasteiger partial charge in [-0.2, -0.15) is 0 Å². The minimum atomic E-state index is -0.165. The number of aromatic nitrogens is 2. The molecule has 0 aliphatic heterocycles. The maximum absolute atomic E-state index is 14.0. The largest absolute Gasteiger partial charge is 0.343 e. The summed E-state index contributed by atoms with van der Waals surface area (Å²) >= 11 is 0. The number of nitrogens with zero attached hydrogens (tertiary/aromatic N) is 2. The van der Waals surface area contributed by atoms with Gasteiger partial charge in [0.05, 0.1) is 6.54 Å². The van der Waals surface area contributed by atoms with Crippen LogP contribution < -0.4 is 5.32 Å². The van der Waals surface area contributed by atoms with E-state index in [0.717, 1.165) is 24.2 Å². The van der Waals surface area contributed by atoms with Gasteiger partial charge in [-0.05, 0) is 29.3 Å². The highest BCUT2D eigenvalue weighted by molar-refractivity contribution is 5.84. The molecule has 2 aromatic carbocycles. The topological polar surface area (TPSA) is 29.9 Å². The number of nitrogens with one attached hydrogen (secondary N) is 1. The lowest BCUT2D eigenvalue weighted by Crippen LogP contribution is -2.12. The second-order valence-corrected chi connectivity index (χ2v) is 6.36. The molecule has 3 nitrogen and oxygen atoms in total. The van der Waals surface area contributed by atoms with Crippen LogP contribution in [0, 0.1) is 5.82 Å². The minimum Gasteiger partial charge on any atom is -0.343 e. The van der Waals surface area contributed by atoms with Crippen LogP contribution in [0.25, 0.3) is 10.9 Å². The Balaban J connectivity index is 1.57. The molecule has 1 N–H and O–H groups in total. The molecule has 0 bridgehead atoms. The van der Waals surface area contributed by atoms with Crippen molar-refractivity contribution in [3.63, 3.8) is 0 Å². The monoisotopic (exact) mass is 345 g/mol. The van der Waals surface area contributed by atoms with Crippen molar-refractivity contribution in [1.29, 1.82) is 0 Å². The Hall–Kier alpha value is -2.98. The van der Waals surface area contributed by atoms with Crippen LogP contribution >= 0.6 is 0 Å². The van der Waals surface area contributed by atoms with E-state index in [-0.39, 0.29) is 5.82 Å². The average molecular weight is 345 g/mol. The molecule has 0 spiro atoms. The smallest absolute Gasteiger partial charge is 0.128 e. The van der Waals surface area contributed by atoms with Gasteiger partial charge in [-0.1, -0.05) is 42.5 Å². The zero-order chi connectivity index (χ0) is 17.8. The van der Waals surface area contributed by atoms with E-state index in [9.17, 15) is 4.39 Å². The van der Waals surface area contributed by atoms with Crippen LogP contribution in [0.2, 0.25) is 0 Å². The van der Waals surface area contributed by atoms with E-state index in [1.165, 1.54) is 17.0 Å². The zero-order valence-corrected chi connectivity index (χ0v) is 14.4. The molecule has 0 fully saturated rings. The van der Waals surface area contributed by atoms with Gasteiger partial charge in [-0.15, -0.1) is 0 Å². The van der Waals surface area contributed by atoms with Crippen molar-refractivity contribution in [3.05, 3.63) is 102 Å². The summed E-state index contributed by atoms with van der Waals surface area (Å²) in [4.78, 5) is 4.14. The standard InChI is InChI=1S/C22H20FN3/c23-21-9-3-1-7-18(21)15-26-16-19(20-8-2-4-10-22(20)26)14-25-13-17-6-5-11-24-12-17/h1-12,16,25H,13-15H2. The molecule has 2 aromatic heterocycles. The van der Waals surface area contributed by atoms with Gasteiger partial charge < -0.3 is 9.88 Å². The SMILES string of the molecule is Fc1ccccc1Cn1cc(CNCc2cccnc2)c2ccccc21. The fraction of sp³-hybridized carbons (Fsp3) is 0.136. The van der Waals surface area contributed by atoms with Gasteiger partial charge in [0.25, 0.3) is 0 Å². The maximum atomic E-state index is 14.0. The van der Waals surface area contributed by atoms with Crippen molar-refractivity contribution in [1.82, 2.24) is 14.9 Å². The Morgan fingerprint density at radius 3 is 2.58 bits per heavy atom. The molecular formula is C22H20FN3. The lowest BCUT2D eigenvalue weighted by atomic mass is 10.1. The van der Waals surface area contributed by atoms with Crippen molar-refractivity contribution < 1.29 is 4.39 Å². The summed E-state index contributed by atoms with van der Waals surface area (Å²) in [5, 5.41) is 4.67. The summed E-state index contributed by atoms with van der Waals surface area (Å²) in [6, 6.07) is 19.2. The third-order valence-electron chi connectivity index (χ3n) is 4.54. The summed E-state index contributed by atoms with van der Waals surface area (Å²) in [7, 11) is 0. The number of para-hydroxylation sites is 1. The molecule has 0 atom stereocenters. The fourth-order valence-corrected chi connectivity index (χ4v) is 3.25. The molecular weight excluding hydrogens is 325 g/mol. The highest BCUT2D eigenvalue weighted by atomic mass is 19.1. The van der Waals surface area contributed by atoms with Gasteiger partial charge in [0.1, 0.15) is 5.82 Å². The van der Waals surface area contributed by atoms with Crippen LogP contribution in [-0.4, -0.2) is 9.55 Å². The lowest BCUT2D eigenvalue weighted by molar-refractivity contribution is 0.601. The Labute approximate surface area is 152 Å². The van der Waals surface area contributed by atoms with Crippen molar-refractivity contribution >= 4 is 10.9 Å². The molecule has 0 saturated heterocycles. The molecule has 26 heavy (non-hydrogen) atoms. The first-order chi connectivity index (χ1) is 12.8. The third kappa shape index (κ3) is 3.51. The molecule has 0 unspecified atom stereocenters. The molecule has 130 valence electrons. The van der Waals surface area contributed by atoms with Gasteiger partial charge in [0.15, 0.2) is 0 Å². The van der Waals surface area contributed by atoms with E-state index < -0.39 is 0 Å². The highest BCUT2D eigenvalue weighted by Gasteiger charge is 2.10. The average Bonchev–Trinajstić information content (AvgIpc) is 3.02. The molecule has 4 aromatic rings. The molecule has 0 aliphatic rings. The fourth-order valence-electron chi connectivity index (χ4n) is 3.25. The number of hydrogen-bond donors (Lipinski definition) is 1. The van der Waals surface area contributed by atoms with Crippen molar-refractivity contribution in [2.75, 3.05) is 0 Å². The van der Waals surface area contributed by atoms with Crippen LogP contribution in [0.4, 0.5) is 4.39 Å². The van der Waals surface area contributed by atoms with E-state index in [1.54, 1.807) is 12.3 Å². The van der Waals surface area contributed by atoms with Gasteiger partial charge in [0, 0.05) is 48.1 Å². The second-order valence-electron chi connectivity index (χ2n) is 6.36. The molecule has 0 amide bonds. The molecule has 2 heterocycles. The Kier molecular flexibility index (Phi) is 4.75. The summed E-state index contributed by atoms with van der Waals surface area (Å²) in [5.41, 5.74) is 4.18. The number of hydrogen-bond acceptors (Lipinski definition) is 2. The zero-order valence-electron chi connectivity index (χ0n) is 14.4. The quantitative estimate of drug-likeness (QED) is 0.557. The van der Waals surface area contributed by atoms with Crippen LogP contribution in [0.15, 0.2) is 79.3 Å². The third-order valence-corrected chi connectivity index (χ3v) is 4.54. The summed E-state index contributed by atoms with van der Waals surface area (Å²) in [6.45, 7) is 2.04. The number of benzene rings is 2. The van der Waals surface area contributed by atoms with E-state index in [1.807, 2.05) is 36.5 Å². The van der Waals surface area contributed by atoms with Crippen LogP contribution in [-0.2, 0) is 19.6 Å². The summed E-state index contributed by atoms with van der Waals surface area (Å²) in [6.07, 6.45) is 5.77.